The van der Waals surface area contributed by atoms with Gasteiger partial charge in [0, 0.05) is 28.4 Å². The molecule has 4 rings (SSSR count). The van der Waals surface area contributed by atoms with Gasteiger partial charge in [0.05, 0.1) is 24.3 Å². The van der Waals surface area contributed by atoms with Gasteiger partial charge in [0.15, 0.2) is 0 Å². The number of nitrogens with zero attached hydrogens (tertiary/aromatic N) is 2. The number of ether oxygens (including phenoxy) is 1. The van der Waals surface area contributed by atoms with Crippen LogP contribution in [0.5, 0.6) is 0 Å². The number of alkyl halides is 3. The van der Waals surface area contributed by atoms with Crippen LogP contribution in [0.2, 0.25) is 0 Å². The van der Waals surface area contributed by atoms with Crippen molar-refractivity contribution in [2.75, 3.05) is 13.1 Å². The summed E-state index contributed by atoms with van der Waals surface area (Å²) in [6.07, 6.45) is -5.36. The van der Waals surface area contributed by atoms with Gasteiger partial charge in [-0.05, 0) is 64.4 Å². The molecule has 1 unspecified atom stereocenters. The molecule has 32 heavy (non-hydrogen) atoms. The van der Waals surface area contributed by atoms with Crippen molar-refractivity contribution in [3.63, 3.8) is 0 Å². The van der Waals surface area contributed by atoms with Crippen molar-refractivity contribution in [3.05, 3.63) is 47.5 Å². The molecule has 5 nitrogen and oxygen atoms in total. The van der Waals surface area contributed by atoms with Crippen molar-refractivity contribution < 1.29 is 27.8 Å². The van der Waals surface area contributed by atoms with E-state index in [1.54, 1.807) is 20.8 Å². The van der Waals surface area contributed by atoms with Gasteiger partial charge in [-0.3, -0.25) is 0 Å². The lowest BCUT2D eigenvalue weighted by Gasteiger charge is -2.37. The summed E-state index contributed by atoms with van der Waals surface area (Å²) in [7, 11) is 0. The number of benzene rings is 2. The van der Waals surface area contributed by atoms with E-state index in [9.17, 15) is 23.1 Å². The minimum atomic E-state index is -4.44. The summed E-state index contributed by atoms with van der Waals surface area (Å²) in [5.74, 6) is 0. The van der Waals surface area contributed by atoms with Crippen LogP contribution >= 0.6 is 0 Å². The van der Waals surface area contributed by atoms with Gasteiger partial charge < -0.3 is 19.3 Å². The summed E-state index contributed by atoms with van der Waals surface area (Å²) in [6, 6.07) is 9.00. The maximum absolute atomic E-state index is 13.4. The number of amides is 1. The molecule has 1 amide bonds. The molecule has 0 bridgehead atoms. The zero-order chi connectivity index (χ0) is 23.4. The molecule has 1 N–H and O–H groups in total. The molecule has 0 aliphatic carbocycles. The number of hydrogen-bond acceptors (Lipinski definition) is 3. The number of rotatable bonds is 1. The van der Waals surface area contributed by atoms with E-state index in [0.717, 1.165) is 17.1 Å². The highest BCUT2D eigenvalue weighted by atomic mass is 19.4. The van der Waals surface area contributed by atoms with Crippen LogP contribution in [-0.2, 0) is 10.9 Å². The second-order valence-electron chi connectivity index (χ2n) is 9.47. The van der Waals surface area contributed by atoms with E-state index in [2.05, 4.69) is 0 Å². The van der Waals surface area contributed by atoms with E-state index in [0.29, 0.717) is 29.3 Å². The lowest BCUT2D eigenvalue weighted by Crippen LogP contribution is -2.48. The number of aryl methyl sites for hydroxylation is 1. The third-order valence-electron chi connectivity index (χ3n) is 5.81. The van der Waals surface area contributed by atoms with Gasteiger partial charge in [0.25, 0.3) is 0 Å². The number of aliphatic hydroxyl groups is 1. The molecule has 2 heterocycles. The zero-order valence-corrected chi connectivity index (χ0v) is 18.5. The van der Waals surface area contributed by atoms with E-state index in [1.165, 1.54) is 17.0 Å². The van der Waals surface area contributed by atoms with E-state index in [-0.39, 0.29) is 12.6 Å². The summed E-state index contributed by atoms with van der Waals surface area (Å²) in [5.41, 5.74) is 0.993. The number of piperidine rings is 1. The molecular formula is C24H27F3N2O3. The monoisotopic (exact) mass is 448 g/mol. The van der Waals surface area contributed by atoms with Crippen molar-refractivity contribution in [3.8, 4) is 0 Å². The van der Waals surface area contributed by atoms with Crippen molar-refractivity contribution in [1.82, 2.24) is 9.47 Å². The van der Waals surface area contributed by atoms with Crippen LogP contribution in [-0.4, -0.2) is 45.5 Å². The van der Waals surface area contributed by atoms with Crippen LogP contribution in [0.4, 0.5) is 18.0 Å². The number of likely N-dealkylation sites (tertiary alicyclic amines) is 1. The summed E-state index contributed by atoms with van der Waals surface area (Å²) in [5, 5.41) is 12.2. The number of aromatic nitrogens is 1. The summed E-state index contributed by atoms with van der Waals surface area (Å²) < 4.78 is 47.4. The Bertz CT molecular complexity index is 1180. The van der Waals surface area contributed by atoms with Gasteiger partial charge in [-0.1, -0.05) is 11.6 Å². The number of fused-ring (bicyclic) bond motifs is 3. The Labute approximate surface area is 184 Å². The van der Waals surface area contributed by atoms with E-state index in [1.807, 2.05) is 29.7 Å². The smallest absolute Gasteiger partial charge is 0.416 e. The Morgan fingerprint density at radius 1 is 1.06 bits per heavy atom. The lowest BCUT2D eigenvalue weighted by molar-refractivity contribution is -0.137. The van der Waals surface area contributed by atoms with Gasteiger partial charge in [0.2, 0.25) is 0 Å². The van der Waals surface area contributed by atoms with Crippen LogP contribution < -0.4 is 0 Å². The topological polar surface area (TPSA) is 54.7 Å². The standard InChI is InChI=1S/C24H27F3N2O3/c1-14-5-7-18-16(11-14)17-12-15(24(25,26)27)6-8-19(17)29(18)20-9-10-28(13-21(20)30)22(31)32-23(2,3)4/h5-8,11-12,20-21,30H,9-10,13H2,1-4H3/t20?,21-/m1/s1. The number of carbonyl (C=O) groups excluding carboxylic acids is 1. The first-order valence-electron chi connectivity index (χ1n) is 10.6. The van der Waals surface area contributed by atoms with Crippen LogP contribution in [0.3, 0.4) is 0 Å². The normalized spacial score (nSPS) is 20.2. The van der Waals surface area contributed by atoms with Crippen LogP contribution in [0.1, 0.15) is 44.4 Å². The highest BCUT2D eigenvalue weighted by molar-refractivity contribution is 6.08. The van der Waals surface area contributed by atoms with Crippen molar-refractivity contribution in [2.24, 2.45) is 0 Å². The second kappa shape index (κ2) is 7.69. The minimum Gasteiger partial charge on any atom is -0.444 e. The number of halogens is 3. The molecule has 1 aromatic heterocycles. The minimum absolute atomic E-state index is 0.0905. The first kappa shape index (κ1) is 22.5. The molecule has 1 saturated heterocycles. The van der Waals surface area contributed by atoms with Crippen molar-refractivity contribution in [2.45, 2.75) is 58.0 Å². The maximum atomic E-state index is 13.4. The molecule has 8 heteroatoms. The molecule has 0 saturated carbocycles. The fourth-order valence-electron chi connectivity index (χ4n) is 4.41. The van der Waals surface area contributed by atoms with Crippen LogP contribution in [0.25, 0.3) is 21.8 Å². The molecular weight excluding hydrogens is 421 g/mol. The average Bonchev–Trinajstić information content (AvgIpc) is 2.99. The molecule has 0 spiro atoms. The van der Waals surface area contributed by atoms with Gasteiger partial charge in [0.1, 0.15) is 5.60 Å². The first-order valence-corrected chi connectivity index (χ1v) is 10.6. The Hall–Kier alpha value is -2.74. The maximum Gasteiger partial charge on any atom is 0.416 e. The van der Waals surface area contributed by atoms with E-state index in [4.69, 9.17) is 4.74 Å². The fourth-order valence-corrected chi connectivity index (χ4v) is 4.41. The van der Waals surface area contributed by atoms with Crippen molar-refractivity contribution in [1.29, 1.82) is 0 Å². The molecule has 1 aliphatic heterocycles. The lowest BCUT2D eigenvalue weighted by atomic mass is 10.0. The molecule has 172 valence electrons. The highest BCUT2D eigenvalue weighted by Crippen LogP contribution is 2.39. The highest BCUT2D eigenvalue weighted by Gasteiger charge is 2.36. The van der Waals surface area contributed by atoms with Gasteiger partial charge in [-0.15, -0.1) is 0 Å². The number of β-amino-alcohol motifs (C(OH)–C–C–N with tert-alkyl or cyclic N) is 1. The van der Waals surface area contributed by atoms with Crippen LogP contribution in [0.15, 0.2) is 36.4 Å². The Balaban J connectivity index is 1.75. The average molecular weight is 448 g/mol. The van der Waals surface area contributed by atoms with Crippen LogP contribution in [0, 0.1) is 6.92 Å². The fraction of sp³-hybridized carbons (Fsp3) is 0.458. The SMILES string of the molecule is Cc1ccc2c(c1)c1cc(C(F)(F)F)ccc1n2C1CCN(C(=O)OC(C)(C)C)C[C@H]1O. The molecule has 0 radical (unpaired) electrons. The predicted molar refractivity (Wildman–Crippen MR) is 117 cm³/mol. The van der Waals surface area contributed by atoms with Gasteiger partial charge in [-0.2, -0.15) is 13.2 Å². The Morgan fingerprint density at radius 2 is 1.69 bits per heavy atom. The Morgan fingerprint density at radius 3 is 2.28 bits per heavy atom. The summed E-state index contributed by atoms with van der Waals surface area (Å²) in [6.45, 7) is 7.71. The van der Waals surface area contributed by atoms with Gasteiger partial charge >= 0.3 is 12.3 Å². The zero-order valence-electron chi connectivity index (χ0n) is 18.5. The summed E-state index contributed by atoms with van der Waals surface area (Å²) in [4.78, 5) is 13.9. The second-order valence-corrected chi connectivity index (χ2v) is 9.47. The molecule has 1 aliphatic rings. The first-order chi connectivity index (χ1) is 14.8. The van der Waals surface area contributed by atoms with Gasteiger partial charge in [-0.25, -0.2) is 4.79 Å². The molecule has 1 fully saturated rings. The summed E-state index contributed by atoms with van der Waals surface area (Å²) >= 11 is 0. The third kappa shape index (κ3) is 4.16. The Kier molecular flexibility index (Phi) is 5.40. The quantitative estimate of drug-likeness (QED) is 0.522. The molecule has 2 atom stereocenters. The molecule has 3 aromatic rings. The third-order valence-corrected chi connectivity index (χ3v) is 5.81. The van der Waals surface area contributed by atoms with E-state index >= 15 is 0 Å². The largest absolute Gasteiger partial charge is 0.444 e. The van der Waals surface area contributed by atoms with Crippen molar-refractivity contribution >= 4 is 27.9 Å². The number of carbonyl (C=O) groups is 1. The number of hydrogen-bond donors (Lipinski definition) is 1. The number of aliphatic hydroxyl groups excluding tert-OH is 1. The molecule has 2 aromatic carbocycles. The predicted octanol–water partition coefficient (Wildman–Crippen LogP) is 5.66. The van der Waals surface area contributed by atoms with E-state index < -0.39 is 29.5 Å².